The van der Waals surface area contributed by atoms with E-state index >= 15 is 0 Å². The van der Waals surface area contributed by atoms with Crippen molar-refractivity contribution in [1.29, 1.82) is 0 Å². The molecule has 164 valence electrons. The normalized spacial score (nSPS) is 27.7. The first kappa shape index (κ1) is 23.4. The molecule has 1 heterocycles. The summed E-state index contributed by atoms with van der Waals surface area (Å²) in [6, 6.07) is 5.32. The van der Waals surface area contributed by atoms with E-state index in [0.717, 1.165) is 5.56 Å². The van der Waals surface area contributed by atoms with Crippen molar-refractivity contribution >= 4 is 11.7 Å². The highest BCUT2D eigenvalue weighted by Gasteiger charge is 2.48. The Morgan fingerprint density at radius 3 is 2.38 bits per heavy atom. The molecule has 1 fully saturated rings. The Morgan fingerprint density at radius 2 is 1.83 bits per heavy atom. The fraction of sp³-hybridized carbons (Fsp3) is 0.650. The number of aliphatic carboxylic acids is 1. The largest absolute Gasteiger partial charge is 0.479 e. The number of benzene rings is 1. The lowest BCUT2D eigenvalue weighted by atomic mass is 9.99. The summed E-state index contributed by atoms with van der Waals surface area (Å²) in [4.78, 5) is 11.3. The molecule has 0 aromatic heterocycles. The van der Waals surface area contributed by atoms with Crippen molar-refractivity contribution in [3.05, 3.63) is 23.8 Å². The van der Waals surface area contributed by atoms with Gasteiger partial charge in [-0.2, -0.15) is 0 Å². The Hall–Kier alpha value is -1.91. The summed E-state index contributed by atoms with van der Waals surface area (Å²) in [7, 11) is 0. The van der Waals surface area contributed by atoms with Gasteiger partial charge in [0.1, 0.15) is 24.1 Å². The quantitative estimate of drug-likeness (QED) is 0.445. The highest BCUT2D eigenvalue weighted by molar-refractivity contribution is 5.73. The van der Waals surface area contributed by atoms with Crippen LogP contribution < -0.4 is 10.1 Å². The van der Waals surface area contributed by atoms with Crippen molar-refractivity contribution in [2.45, 2.75) is 83.6 Å². The van der Waals surface area contributed by atoms with E-state index in [1.807, 2.05) is 40.7 Å². The van der Waals surface area contributed by atoms with Gasteiger partial charge in [0, 0.05) is 6.04 Å². The average molecular weight is 413 g/mol. The monoisotopic (exact) mass is 413 g/mol. The summed E-state index contributed by atoms with van der Waals surface area (Å²) in [6.45, 7) is 10.1. The molecule has 0 unspecified atom stereocenters. The van der Waals surface area contributed by atoms with Gasteiger partial charge in [-0.1, -0.05) is 6.07 Å². The van der Waals surface area contributed by atoms with Crippen LogP contribution in [-0.2, 0) is 20.9 Å². The first-order valence-electron chi connectivity index (χ1n) is 9.51. The van der Waals surface area contributed by atoms with E-state index in [1.54, 1.807) is 12.1 Å². The minimum atomic E-state index is -1.77. The first-order chi connectivity index (χ1) is 13.4. The predicted molar refractivity (Wildman–Crippen MR) is 105 cm³/mol. The van der Waals surface area contributed by atoms with Crippen LogP contribution in [0.25, 0.3) is 0 Å². The number of nitrogens with one attached hydrogen (secondary N) is 1. The van der Waals surface area contributed by atoms with Crippen molar-refractivity contribution in [2.24, 2.45) is 0 Å². The maximum atomic E-state index is 11.3. The molecule has 0 radical (unpaired) electrons. The summed E-state index contributed by atoms with van der Waals surface area (Å²) in [5, 5.41) is 42.3. The molecule has 2 rings (SSSR count). The molecule has 1 aromatic rings. The Kier molecular flexibility index (Phi) is 7.47. The minimum Gasteiger partial charge on any atom is -0.479 e. The molecule has 5 atom stereocenters. The van der Waals surface area contributed by atoms with Crippen LogP contribution in [-0.4, -0.2) is 68.7 Å². The maximum Gasteiger partial charge on any atom is 0.335 e. The Bertz CT molecular complexity index is 702. The lowest BCUT2D eigenvalue weighted by Gasteiger charge is -2.38. The van der Waals surface area contributed by atoms with Crippen LogP contribution in [0, 0.1) is 0 Å². The molecule has 1 aliphatic rings. The van der Waals surface area contributed by atoms with Crippen LogP contribution in [0.2, 0.25) is 0 Å². The molecule has 0 saturated carbocycles. The van der Waals surface area contributed by atoms with Crippen LogP contribution in [0.15, 0.2) is 18.2 Å². The number of carbonyl (C=O) groups is 1. The molecular formula is C20H31NO8. The number of carboxylic acid groups (broad SMARTS) is 1. The van der Waals surface area contributed by atoms with Gasteiger partial charge in [-0.15, -0.1) is 0 Å². The number of aliphatic hydroxyl groups is 3. The summed E-state index contributed by atoms with van der Waals surface area (Å²) in [5.74, 6) is -1.16. The van der Waals surface area contributed by atoms with E-state index < -0.39 is 36.7 Å². The van der Waals surface area contributed by atoms with Gasteiger partial charge in [-0.25, -0.2) is 4.79 Å². The van der Waals surface area contributed by atoms with Crippen LogP contribution in [0.1, 0.15) is 40.2 Å². The van der Waals surface area contributed by atoms with Crippen molar-refractivity contribution in [1.82, 2.24) is 0 Å². The average Bonchev–Trinajstić information content (AvgIpc) is 2.60. The second kappa shape index (κ2) is 9.27. The topological polar surface area (TPSA) is 138 Å². The highest BCUT2D eigenvalue weighted by Crippen LogP contribution is 2.31. The molecule has 1 saturated heterocycles. The summed E-state index contributed by atoms with van der Waals surface area (Å²) in [6.07, 6.45) is -8.32. The van der Waals surface area contributed by atoms with Gasteiger partial charge in [-0.3, -0.25) is 0 Å². The lowest BCUT2D eigenvalue weighted by Crippen LogP contribution is -2.61. The molecule has 1 aromatic carbocycles. The van der Waals surface area contributed by atoms with Gasteiger partial charge in [0.2, 0.25) is 6.29 Å². The zero-order valence-corrected chi connectivity index (χ0v) is 17.3. The number of carboxylic acids is 1. The standard InChI is InChI=1S/C20H31NO8/c1-10(2)21-12-8-11(9-27-20(3,4)5)6-7-13(12)28-19-16(24)14(22)15(23)17(29-19)18(25)26/h6-8,10,14-17,19,21-24H,9H2,1-5H3,(H,25,26)/t14-,15-,16+,17-,19+/m0/s1. The molecule has 0 amide bonds. The molecule has 29 heavy (non-hydrogen) atoms. The highest BCUT2D eigenvalue weighted by atomic mass is 16.7. The third-order valence-electron chi connectivity index (χ3n) is 4.22. The lowest BCUT2D eigenvalue weighted by molar-refractivity contribution is -0.271. The Balaban J connectivity index is 2.24. The number of hydrogen-bond acceptors (Lipinski definition) is 8. The molecule has 0 spiro atoms. The molecule has 0 aliphatic carbocycles. The Morgan fingerprint density at radius 1 is 1.17 bits per heavy atom. The van der Waals surface area contributed by atoms with E-state index in [9.17, 15) is 25.2 Å². The fourth-order valence-corrected chi connectivity index (χ4v) is 2.77. The van der Waals surface area contributed by atoms with Crippen LogP contribution in [0.4, 0.5) is 5.69 Å². The first-order valence-corrected chi connectivity index (χ1v) is 9.51. The number of ether oxygens (including phenoxy) is 3. The number of rotatable bonds is 7. The molecular weight excluding hydrogens is 382 g/mol. The van der Waals surface area contributed by atoms with E-state index in [0.29, 0.717) is 18.0 Å². The SMILES string of the molecule is CC(C)Nc1cc(COC(C)(C)C)ccc1O[C@@H]1O[C@H](C(=O)O)[C@@H](O)[C@H](O)[C@H]1O. The van der Waals surface area contributed by atoms with Crippen molar-refractivity contribution < 1.29 is 39.4 Å². The molecule has 1 aliphatic heterocycles. The van der Waals surface area contributed by atoms with Crippen molar-refractivity contribution in [3.63, 3.8) is 0 Å². The second-order valence-corrected chi connectivity index (χ2v) is 8.38. The smallest absolute Gasteiger partial charge is 0.335 e. The van der Waals surface area contributed by atoms with E-state index in [2.05, 4.69) is 5.32 Å². The van der Waals surface area contributed by atoms with Crippen molar-refractivity contribution in [2.75, 3.05) is 5.32 Å². The van der Waals surface area contributed by atoms with Crippen LogP contribution in [0.3, 0.4) is 0 Å². The molecule has 9 heteroatoms. The van der Waals surface area contributed by atoms with Crippen molar-refractivity contribution in [3.8, 4) is 5.75 Å². The third-order valence-corrected chi connectivity index (χ3v) is 4.22. The van der Waals surface area contributed by atoms with Gasteiger partial charge in [0.25, 0.3) is 0 Å². The zero-order chi connectivity index (χ0) is 21.9. The molecule has 5 N–H and O–H groups in total. The minimum absolute atomic E-state index is 0.0625. The van der Waals surface area contributed by atoms with E-state index in [-0.39, 0.29) is 11.6 Å². The van der Waals surface area contributed by atoms with E-state index in [4.69, 9.17) is 14.2 Å². The van der Waals surface area contributed by atoms with Gasteiger partial charge in [0.15, 0.2) is 6.10 Å². The molecule has 9 nitrogen and oxygen atoms in total. The maximum absolute atomic E-state index is 11.3. The zero-order valence-electron chi connectivity index (χ0n) is 17.3. The fourth-order valence-electron chi connectivity index (χ4n) is 2.77. The van der Waals surface area contributed by atoms with E-state index in [1.165, 1.54) is 0 Å². The van der Waals surface area contributed by atoms with Gasteiger partial charge < -0.3 is 40.0 Å². The second-order valence-electron chi connectivity index (χ2n) is 8.38. The van der Waals surface area contributed by atoms with Gasteiger partial charge >= 0.3 is 5.97 Å². The summed E-state index contributed by atoms with van der Waals surface area (Å²) < 4.78 is 16.7. The number of aliphatic hydroxyl groups excluding tert-OH is 3. The number of hydrogen-bond donors (Lipinski definition) is 5. The third kappa shape index (κ3) is 6.28. The number of anilines is 1. The van der Waals surface area contributed by atoms with Crippen LogP contribution in [0.5, 0.6) is 5.75 Å². The van der Waals surface area contributed by atoms with Gasteiger partial charge in [-0.05, 0) is 52.3 Å². The van der Waals surface area contributed by atoms with Crippen LogP contribution >= 0.6 is 0 Å². The summed E-state index contributed by atoms with van der Waals surface area (Å²) in [5.41, 5.74) is 1.18. The predicted octanol–water partition coefficient (Wildman–Crippen LogP) is 1.09. The summed E-state index contributed by atoms with van der Waals surface area (Å²) >= 11 is 0. The Labute approximate surface area is 170 Å². The molecule has 0 bridgehead atoms. The van der Waals surface area contributed by atoms with Gasteiger partial charge in [0.05, 0.1) is 17.9 Å².